The molecule has 0 unspecified atom stereocenters. The Kier molecular flexibility index (Phi) is 7.42. The molecule has 20 heavy (non-hydrogen) atoms. The van der Waals surface area contributed by atoms with Gasteiger partial charge in [-0.15, -0.1) is 0 Å². The lowest BCUT2D eigenvalue weighted by atomic mass is 10.2. The second-order valence-corrected chi connectivity index (χ2v) is 4.51. The van der Waals surface area contributed by atoms with Gasteiger partial charge < -0.3 is 15.2 Å². The monoisotopic (exact) mass is 295 g/mol. The fraction of sp³-hybridized carbons (Fsp3) is 0.429. The molecule has 1 aromatic rings. The van der Waals surface area contributed by atoms with Crippen LogP contribution in [-0.2, 0) is 0 Å². The Morgan fingerprint density at radius 3 is 2.95 bits per heavy atom. The summed E-state index contributed by atoms with van der Waals surface area (Å²) < 4.78 is 5.30. The Morgan fingerprint density at radius 1 is 1.45 bits per heavy atom. The molecule has 0 atom stereocenters. The van der Waals surface area contributed by atoms with E-state index in [0.29, 0.717) is 23.0 Å². The van der Waals surface area contributed by atoms with Crippen LogP contribution in [0.5, 0.6) is 11.5 Å². The van der Waals surface area contributed by atoms with Crippen LogP contribution in [0.3, 0.4) is 0 Å². The van der Waals surface area contributed by atoms with Crippen LogP contribution in [0.25, 0.3) is 0 Å². The number of hydrazone groups is 1. The third kappa shape index (κ3) is 5.44. The Hall–Kier alpha value is -1.82. The second kappa shape index (κ2) is 9.14. The number of para-hydroxylation sites is 1. The summed E-state index contributed by atoms with van der Waals surface area (Å²) in [7, 11) is 0. The summed E-state index contributed by atoms with van der Waals surface area (Å²) in [6.45, 7) is 5.30. The molecule has 0 saturated carbocycles. The van der Waals surface area contributed by atoms with Crippen molar-refractivity contribution in [1.82, 2.24) is 10.7 Å². The van der Waals surface area contributed by atoms with Gasteiger partial charge in [0.05, 0.1) is 12.8 Å². The van der Waals surface area contributed by atoms with Crippen LogP contribution in [-0.4, -0.2) is 29.6 Å². The molecule has 0 spiro atoms. The van der Waals surface area contributed by atoms with Crippen LogP contribution >= 0.6 is 12.2 Å². The minimum atomic E-state index is 0.0739. The highest BCUT2D eigenvalue weighted by Crippen LogP contribution is 2.28. The average Bonchev–Trinajstić information content (AvgIpc) is 2.43. The molecule has 0 aliphatic carbocycles. The van der Waals surface area contributed by atoms with Crippen molar-refractivity contribution in [3.8, 4) is 11.5 Å². The summed E-state index contributed by atoms with van der Waals surface area (Å²) >= 11 is 5.06. The van der Waals surface area contributed by atoms with E-state index in [0.717, 1.165) is 19.4 Å². The number of ether oxygens (including phenoxy) is 1. The molecule has 0 saturated heterocycles. The van der Waals surface area contributed by atoms with E-state index in [1.165, 1.54) is 6.21 Å². The van der Waals surface area contributed by atoms with E-state index in [1.807, 2.05) is 6.92 Å². The fourth-order valence-corrected chi connectivity index (χ4v) is 1.65. The summed E-state index contributed by atoms with van der Waals surface area (Å²) in [5, 5.41) is 17.5. The maximum absolute atomic E-state index is 9.97. The third-order valence-electron chi connectivity index (χ3n) is 2.52. The third-order valence-corrected chi connectivity index (χ3v) is 2.75. The van der Waals surface area contributed by atoms with Gasteiger partial charge in [0.15, 0.2) is 16.6 Å². The predicted molar refractivity (Wildman–Crippen MR) is 85.5 cm³/mol. The number of rotatable bonds is 7. The van der Waals surface area contributed by atoms with Gasteiger partial charge in [-0.05, 0) is 37.7 Å². The molecule has 5 nitrogen and oxygen atoms in total. The number of benzene rings is 1. The molecule has 1 rings (SSSR count). The molecule has 0 aliphatic rings. The molecular formula is C14H21N3O2S. The summed E-state index contributed by atoms with van der Waals surface area (Å²) in [5.74, 6) is 0.518. The van der Waals surface area contributed by atoms with Crippen molar-refractivity contribution in [3.05, 3.63) is 23.8 Å². The van der Waals surface area contributed by atoms with Crippen molar-refractivity contribution >= 4 is 23.5 Å². The molecule has 0 amide bonds. The highest BCUT2D eigenvalue weighted by molar-refractivity contribution is 7.80. The quantitative estimate of drug-likeness (QED) is 0.312. The number of phenols is 1. The first-order chi connectivity index (χ1) is 9.69. The molecule has 0 heterocycles. The molecule has 0 aliphatic heterocycles. The molecule has 0 radical (unpaired) electrons. The largest absolute Gasteiger partial charge is 0.504 e. The van der Waals surface area contributed by atoms with Crippen molar-refractivity contribution in [3.63, 3.8) is 0 Å². The topological polar surface area (TPSA) is 65.9 Å². The van der Waals surface area contributed by atoms with Gasteiger partial charge >= 0.3 is 0 Å². The number of hydrogen-bond donors (Lipinski definition) is 3. The first-order valence-corrected chi connectivity index (χ1v) is 7.11. The number of phenolic OH excluding ortho intramolecular Hbond substituents is 1. The van der Waals surface area contributed by atoms with Crippen LogP contribution in [0.1, 0.15) is 32.3 Å². The first kappa shape index (κ1) is 16.2. The van der Waals surface area contributed by atoms with Crippen LogP contribution in [0.4, 0.5) is 0 Å². The molecule has 0 aromatic heterocycles. The summed E-state index contributed by atoms with van der Waals surface area (Å²) in [6, 6.07) is 5.25. The number of nitrogens with one attached hydrogen (secondary N) is 2. The van der Waals surface area contributed by atoms with Crippen LogP contribution in [0.15, 0.2) is 23.3 Å². The zero-order valence-electron chi connectivity index (χ0n) is 11.8. The normalized spacial score (nSPS) is 10.5. The lowest BCUT2D eigenvalue weighted by Gasteiger charge is -2.08. The van der Waals surface area contributed by atoms with Crippen LogP contribution in [0.2, 0.25) is 0 Å². The highest BCUT2D eigenvalue weighted by atomic mass is 32.1. The first-order valence-electron chi connectivity index (χ1n) is 6.70. The fourth-order valence-electron chi connectivity index (χ4n) is 1.49. The van der Waals surface area contributed by atoms with Crippen LogP contribution < -0.4 is 15.5 Å². The van der Waals surface area contributed by atoms with Crippen LogP contribution in [0, 0.1) is 0 Å². The maximum atomic E-state index is 9.97. The van der Waals surface area contributed by atoms with Gasteiger partial charge in [0.25, 0.3) is 0 Å². The smallest absolute Gasteiger partial charge is 0.186 e. The number of hydrogen-bond acceptors (Lipinski definition) is 4. The van der Waals surface area contributed by atoms with Crippen molar-refractivity contribution in [1.29, 1.82) is 0 Å². The number of aromatic hydroxyl groups is 1. The molecule has 1 aromatic carbocycles. The molecule has 110 valence electrons. The standard InChI is InChI=1S/C14H21N3O2S/c1-3-5-9-15-14(20)17-16-10-11-7-6-8-12(13(11)18)19-4-2/h6-8,10,18H,3-5,9H2,1-2H3,(H2,15,17,20). The van der Waals surface area contributed by atoms with Crippen molar-refractivity contribution in [2.24, 2.45) is 5.10 Å². The molecular weight excluding hydrogens is 274 g/mol. The maximum Gasteiger partial charge on any atom is 0.186 e. The Morgan fingerprint density at radius 2 is 2.25 bits per heavy atom. The zero-order valence-corrected chi connectivity index (χ0v) is 12.7. The van der Waals surface area contributed by atoms with Gasteiger partial charge in [0.1, 0.15) is 0 Å². The number of nitrogens with zero attached hydrogens (tertiary/aromatic N) is 1. The SMILES string of the molecule is CCCCNC(=S)NN=Cc1cccc(OCC)c1O. The Labute approximate surface area is 125 Å². The van der Waals surface area contributed by atoms with Gasteiger partial charge in [0, 0.05) is 12.1 Å². The van der Waals surface area contributed by atoms with Gasteiger partial charge in [-0.25, -0.2) is 0 Å². The van der Waals surface area contributed by atoms with Gasteiger partial charge in [-0.2, -0.15) is 5.10 Å². The Balaban J connectivity index is 2.53. The van der Waals surface area contributed by atoms with Gasteiger partial charge in [0.2, 0.25) is 0 Å². The molecule has 3 N–H and O–H groups in total. The zero-order chi connectivity index (χ0) is 14.8. The summed E-state index contributed by atoms with van der Waals surface area (Å²) in [5.41, 5.74) is 3.28. The van der Waals surface area contributed by atoms with Crippen molar-refractivity contribution < 1.29 is 9.84 Å². The predicted octanol–water partition coefficient (Wildman–Crippen LogP) is 2.39. The van der Waals surface area contributed by atoms with Gasteiger partial charge in [-0.3, -0.25) is 5.43 Å². The molecule has 0 bridgehead atoms. The Bertz CT molecular complexity index is 464. The lowest BCUT2D eigenvalue weighted by molar-refractivity contribution is 0.318. The minimum absolute atomic E-state index is 0.0739. The highest BCUT2D eigenvalue weighted by Gasteiger charge is 2.05. The van der Waals surface area contributed by atoms with Gasteiger partial charge in [-0.1, -0.05) is 19.4 Å². The van der Waals surface area contributed by atoms with E-state index in [1.54, 1.807) is 18.2 Å². The van der Waals surface area contributed by atoms with E-state index >= 15 is 0 Å². The number of unbranched alkanes of at least 4 members (excludes halogenated alkanes) is 1. The molecule has 6 heteroatoms. The lowest BCUT2D eigenvalue weighted by Crippen LogP contribution is -2.32. The van der Waals surface area contributed by atoms with Crippen molar-refractivity contribution in [2.75, 3.05) is 13.2 Å². The average molecular weight is 295 g/mol. The van der Waals surface area contributed by atoms with E-state index < -0.39 is 0 Å². The van der Waals surface area contributed by atoms with E-state index in [4.69, 9.17) is 17.0 Å². The molecule has 0 fully saturated rings. The minimum Gasteiger partial charge on any atom is -0.504 e. The second-order valence-electron chi connectivity index (χ2n) is 4.11. The van der Waals surface area contributed by atoms with E-state index in [2.05, 4.69) is 22.8 Å². The van der Waals surface area contributed by atoms with E-state index in [-0.39, 0.29) is 5.75 Å². The van der Waals surface area contributed by atoms with E-state index in [9.17, 15) is 5.11 Å². The van der Waals surface area contributed by atoms with Crippen molar-refractivity contribution in [2.45, 2.75) is 26.7 Å². The number of thiocarbonyl (C=S) groups is 1. The summed E-state index contributed by atoms with van der Waals surface area (Å²) in [6.07, 6.45) is 3.67. The summed E-state index contributed by atoms with van der Waals surface area (Å²) in [4.78, 5) is 0.